The Morgan fingerprint density at radius 3 is 2.93 bits per heavy atom. The maximum absolute atomic E-state index is 12.4. The van der Waals surface area contributed by atoms with Crippen LogP contribution in [0.5, 0.6) is 5.75 Å². The Balaban J connectivity index is 1.28. The molecule has 144 valence electrons. The molecule has 8 nitrogen and oxygen atoms in total. The van der Waals surface area contributed by atoms with Crippen LogP contribution in [0, 0.1) is 0 Å². The number of nitrogens with one attached hydrogen (secondary N) is 1. The number of likely N-dealkylation sites (tertiary alicyclic amines) is 1. The molecule has 4 rings (SSSR count). The van der Waals surface area contributed by atoms with E-state index in [-0.39, 0.29) is 12.1 Å². The van der Waals surface area contributed by atoms with Crippen LogP contribution in [-0.2, 0) is 6.54 Å². The van der Waals surface area contributed by atoms with E-state index in [1.165, 1.54) is 12.8 Å². The summed E-state index contributed by atoms with van der Waals surface area (Å²) in [6.07, 6.45) is 8.68. The molecule has 0 radical (unpaired) electrons. The molecule has 2 aliphatic rings. The van der Waals surface area contributed by atoms with Crippen LogP contribution >= 0.6 is 0 Å². The van der Waals surface area contributed by atoms with E-state index in [0.29, 0.717) is 26.2 Å². The summed E-state index contributed by atoms with van der Waals surface area (Å²) in [5.74, 6) is 1.75. The van der Waals surface area contributed by atoms with E-state index >= 15 is 0 Å². The van der Waals surface area contributed by atoms with Gasteiger partial charge in [0.25, 0.3) is 0 Å². The largest absolute Gasteiger partial charge is 0.485 e. The first-order valence-electron chi connectivity index (χ1n) is 9.66. The molecular weight excluding hydrogens is 344 g/mol. The monoisotopic (exact) mass is 370 g/mol. The lowest BCUT2D eigenvalue weighted by molar-refractivity contribution is 0.186. The van der Waals surface area contributed by atoms with Crippen molar-refractivity contribution in [2.75, 3.05) is 37.6 Å². The van der Waals surface area contributed by atoms with E-state index in [1.54, 1.807) is 10.9 Å². The Bertz CT molecular complexity index is 744. The summed E-state index contributed by atoms with van der Waals surface area (Å²) in [5.41, 5.74) is 0. The molecule has 2 amide bonds. The number of carbonyl (C=O) groups excluding carboxylic acids is 1. The van der Waals surface area contributed by atoms with E-state index in [1.807, 2.05) is 35.5 Å². The molecule has 8 heteroatoms. The van der Waals surface area contributed by atoms with Crippen LogP contribution in [0.25, 0.3) is 0 Å². The number of anilines is 1. The fourth-order valence-electron chi connectivity index (χ4n) is 3.65. The average molecular weight is 370 g/mol. The number of nitrogens with zero attached hydrogens (tertiary/aromatic N) is 5. The molecule has 4 heterocycles. The third kappa shape index (κ3) is 4.32. The predicted octanol–water partition coefficient (Wildman–Crippen LogP) is 1.74. The quantitative estimate of drug-likeness (QED) is 0.838. The highest BCUT2D eigenvalue weighted by atomic mass is 16.5. The molecule has 2 aromatic rings. The number of hydrogen-bond acceptors (Lipinski definition) is 5. The summed E-state index contributed by atoms with van der Waals surface area (Å²) >= 11 is 0. The first-order chi connectivity index (χ1) is 13.3. The number of aromatic nitrogens is 3. The second-order valence-electron chi connectivity index (χ2n) is 6.99. The number of carbonyl (C=O) groups is 1. The topological polar surface area (TPSA) is 75.5 Å². The van der Waals surface area contributed by atoms with Crippen LogP contribution in [0.4, 0.5) is 10.6 Å². The molecule has 0 aliphatic carbocycles. The predicted molar refractivity (Wildman–Crippen MR) is 102 cm³/mol. The molecular formula is C19H26N6O2. The minimum absolute atomic E-state index is 0.00687. The zero-order chi connectivity index (χ0) is 18.5. The zero-order valence-electron chi connectivity index (χ0n) is 15.5. The standard InChI is InChI=1S/C19H26N6O2/c26-19(21-9-14-25-12-4-8-22-25)24-13-6-16(15-24)27-17-5-3-7-20-18(17)23-10-1-2-11-23/h3-5,7-8,12,16H,1-2,6,9-11,13-15H2,(H,21,26). The summed E-state index contributed by atoms with van der Waals surface area (Å²) < 4.78 is 8.03. The fraction of sp³-hybridized carbons (Fsp3) is 0.526. The molecule has 0 bridgehead atoms. The Morgan fingerprint density at radius 1 is 1.22 bits per heavy atom. The molecule has 27 heavy (non-hydrogen) atoms. The van der Waals surface area contributed by atoms with Gasteiger partial charge in [-0.1, -0.05) is 0 Å². The van der Waals surface area contributed by atoms with E-state index in [2.05, 4.69) is 20.3 Å². The number of amides is 2. The van der Waals surface area contributed by atoms with Gasteiger partial charge in [0.2, 0.25) is 0 Å². The first kappa shape index (κ1) is 17.6. The summed E-state index contributed by atoms with van der Waals surface area (Å²) in [6, 6.07) is 5.72. The number of hydrogen-bond donors (Lipinski definition) is 1. The van der Waals surface area contributed by atoms with Crippen molar-refractivity contribution in [1.29, 1.82) is 0 Å². The van der Waals surface area contributed by atoms with Gasteiger partial charge < -0.3 is 19.9 Å². The van der Waals surface area contributed by atoms with Crippen LogP contribution in [0.1, 0.15) is 19.3 Å². The van der Waals surface area contributed by atoms with E-state index in [9.17, 15) is 4.79 Å². The van der Waals surface area contributed by atoms with Crippen molar-refractivity contribution in [2.45, 2.75) is 31.9 Å². The Labute approximate surface area is 159 Å². The van der Waals surface area contributed by atoms with Gasteiger partial charge in [-0.3, -0.25) is 4.68 Å². The van der Waals surface area contributed by atoms with Gasteiger partial charge in [0.1, 0.15) is 6.10 Å². The van der Waals surface area contributed by atoms with Gasteiger partial charge in [-0.15, -0.1) is 0 Å². The molecule has 0 spiro atoms. The summed E-state index contributed by atoms with van der Waals surface area (Å²) in [4.78, 5) is 21.0. The molecule has 2 aliphatic heterocycles. The molecule has 2 saturated heterocycles. The van der Waals surface area contributed by atoms with E-state index in [4.69, 9.17) is 4.74 Å². The highest BCUT2D eigenvalue weighted by Gasteiger charge is 2.29. The molecule has 1 atom stereocenters. The lowest BCUT2D eigenvalue weighted by Gasteiger charge is -2.22. The van der Waals surface area contributed by atoms with Crippen LogP contribution in [0.2, 0.25) is 0 Å². The van der Waals surface area contributed by atoms with Gasteiger partial charge in [0.15, 0.2) is 11.6 Å². The SMILES string of the molecule is O=C(NCCn1cccn1)N1CCC(Oc2cccnc2N2CCCC2)C1. The van der Waals surface area contributed by atoms with Gasteiger partial charge in [0.05, 0.1) is 13.1 Å². The lowest BCUT2D eigenvalue weighted by atomic mass is 10.3. The van der Waals surface area contributed by atoms with Crippen molar-refractivity contribution in [3.8, 4) is 5.75 Å². The maximum Gasteiger partial charge on any atom is 0.317 e. The maximum atomic E-state index is 12.4. The van der Waals surface area contributed by atoms with E-state index in [0.717, 1.165) is 31.1 Å². The van der Waals surface area contributed by atoms with Crippen molar-refractivity contribution in [1.82, 2.24) is 25.0 Å². The third-order valence-electron chi connectivity index (χ3n) is 5.06. The van der Waals surface area contributed by atoms with Crippen molar-refractivity contribution < 1.29 is 9.53 Å². The molecule has 1 N–H and O–H groups in total. The average Bonchev–Trinajstić information content (AvgIpc) is 3.45. The minimum atomic E-state index is -0.0424. The van der Waals surface area contributed by atoms with Gasteiger partial charge in [0, 0.05) is 51.2 Å². The molecule has 0 saturated carbocycles. The van der Waals surface area contributed by atoms with Gasteiger partial charge >= 0.3 is 6.03 Å². The Morgan fingerprint density at radius 2 is 2.11 bits per heavy atom. The number of ether oxygens (including phenoxy) is 1. The van der Waals surface area contributed by atoms with Crippen molar-refractivity contribution >= 4 is 11.8 Å². The Kier molecular flexibility index (Phi) is 5.41. The van der Waals surface area contributed by atoms with Crippen LogP contribution < -0.4 is 15.0 Å². The normalized spacial score (nSPS) is 19.5. The summed E-state index contributed by atoms with van der Waals surface area (Å²) in [5, 5.41) is 7.09. The van der Waals surface area contributed by atoms with E-state index < -0.39 is 0 Å². The van der Waals surface area contributed by atoms with Crippen molar-refractivity contribution in [3.63, 3.8) is 0 Å². The van der Waals surface area contributed by atoms with Crippen molar-refractivity contribution in [3.05, 3.63) is 36.8 Å². The number of urea groups is 1. The Hall–Kier alpha value is -2.77. The van der Waals surface area contributed by atoms with Gasteiger partial charge in [-0.2, -0.15) is 5.10 Å². The van der Waals surface area contributed by atoms with Gasteiger partial charge in [-0.25, -0.2) is 9.78 Å². The first-order valence-corrected chi connectivity index (χ1v) is 9.66. The highest BCUT2D eigenvalue weighted by Crippen LogP contribution is 2.30. The second kappa shape index (κ2) is 8.28. The number of rotatable bonds is 6. The molecule has 1 unspecified atom stereocenters. The number of pyridine rings is 1. The zero-order valence-corrected chi connectivity index (χ0v) is 15.5. The summed E-state index contributed by atoms with van der Waals surface area (Å²) in [7, 11) is 0. The minimum Gasteiger partial charge on any atom is -0.485 e. The second-order valence-corrected chi connectivity index (χ2v) is 6.99. The fourth-order valence-corrected chi connectivity index (χ4v) is 3.65. The smallest absolute Gasteiger partial charge is 0.317 e. The lowest BCUT2D eigenvalue weighted by Crippen LogP contribution is -2.40. The molecule has 2 fully saturated rings. The van der Waals surface area contributed by atoms with Crippen molar-refractivity contribution in [2.24, 2.45) is 0 Å². The molecule has 2 aromatic heterocycles. The highest BCUT2D eigenvalue weighted by molar-refractivity contribution is 5.74. The molecule has 0 aromatic carbocycles. The van der Waals surface area contributed by atoms with Gasteiger partial charge in [-0.05, 0) is 31.0 Å². The van der Waals surface area contributed by atoms with Crippen LogP contribution in [0.15, 0.2) is 36.8 Å². The van der Waals surface area contributed by atoms with Crippen LogP contribution in [-0.4, -0.2) is 64.5 Å². The third-order valence-corrected chi connectivity index (χ3v) is 5.06. The van der Waals surface area contributed by atoms with Crippen LogP contribution in [0.3, 0.4) is 0 Å². The summed E-state index contributed by atoms with van der Waals surface area (Å²) in [6.45, 7) is 4.59.